The van der Waals surface area contributed by atoms with E-state index in [1.807, 2.05) is 6.07 Å². The highest BCUT2D eigenvalue weighted by Gasteiger charge is 2.21. The summed E-state index contributed by atoms with van der Waals surface area (Å²) in [5.41, 5.74) is 0.876. The summed E-state index contributed by atoms with van der Waals surface area (Å²) in [5, 5.41) is 3.96. The van der Waals surface area contributed by atoms with Crippen LogP contribution in [0, 0.1) is 5.82 Å². The standard InChI is InChI=1S/C12H12FNO2/c13-11-9(10-7-14-4-6-15-10)2-1-8-3-5-16-12(8)11/h1-3,5,10,14H,4,6-7H2. The second kappa shape index (κ2) is 3.88. The SMILES string of the molecule is Fc1c(C2CNCCO2)ccc2ccoc12. The van der Waals surface area contributed by atoms with Crippen LogP contribution in [0.4, 0.5) is 4.39 Å². The zero-order valence-corrected chi connectivity index (χ0v) is 8.70. The topological polar surface area (TPSA) is 34.4 Å². The molecule has 0 spiro atoms. The summed E-state index contributed by atoms with van der Waals surface area (Å²) in [4.78, 5) is 0. The molecule has 0 saturated carbocycles. The maximum absolute atomic E-state index is 14.1. The first-order chi connectivity index (χ1) is 7.86. The van der Waals surface area contributed by atoms with Crippen LogP contribution in [0.5, 0.6) is 0 Å². The Hall–Kier alpha value is -1.39. The van der Waals surface area contributed by atoms with E-state index in [1.54, 1.807) is 12.1 Å². The Balaban J connectivity index is 2.05. The van der Waals surface area contributed by atoms with Gasteiger partial charge >= 0.3 is 0 Å². The first kappa shape index (κ1) is 9.81. The van der Waals surface area contributed by atoms with Gasteiger partial charge in [-0.25, -0.2) is 4.39 Å². The van der Waals surface area contributed by atoms with Crippen LogP contribution in [-0.4, -0.2) is 19.7 Å². The molecule has 2 aromatic rings. The number of fused-ring (bicyclic) bond motifs is 1. The second-order valence-electron chi connectivity index (χ2n) is 3.87. The van der Waals surface area contributed by atoms with Gasteiger partial charge in [0.1, 0.15) is 0 Å². The fourth-order valence-electron chi connectivity index (χ4n) is 2.03. The van der Waals surface area contributed by atoms with Gasteiger partial charge in [-0.2, -0.15) is 0 Å². The molecule has 3 nitrogen and oxygen atoms in total. The smallest absolute Gasteiger partial charge is 0.172 e. The fraction of sp³-hybridized carbons (Fsp3) is 0.333. The first-order valence-electron chi connectivity index (χ1n) is 5.34. The molecular weight excluding hydrogens is 209 g/mol. The van der Waals surface area contributed by atoms with Gasteiger partial charge in [-0.15, -0.1) is 0 Å². The van der Waals surface area contributed by atoms with Gasteiger partial charge in [0.2, 0.25) is 0 Å². The van der Waals surface area contributed by atoms with Crippen molar-refractivity contribution in [3.05, 3.63) is 35.8 Å². The van der Waals surface area contributed by atoms with Crippen molar-refractivity contribution < 1.29 is 13.5 Å². The van der Waals surface area contributed by atoms with Crippen LogP contribution in [0.3, 0.4) is 0 Å². The summed E-state index contributed by atoms with van der Waals surface area (Å²) >= 11 is 0. The Morgan fingerprint density at radius 2 is 2.25 bits per heavy atom. The van der Waals surface area contributed by atoms with Crippen LogP contribution in [0.15, 0.2) is 28.9 Å². The van der Waals surface area contributed by atoms with E-state index in [0.29, 0.717) is 24.3 Å². The summed E-state index contributed by atoms with van der Waals surface area (Å²) < 4.78 is 24.7. The zero-order valence-electron chi connectivity index (χ0n) is 8.70. The third kappa shape index (κ3) is 1.50. The summed E-state index contributed by atoms with van der Waals surface area (Å²) in [6.45, 7) is 2.07. The lowest BCUT2D eigenvalue weighted by Gasteiger charge is -2.24. The van der Waals surface area contributed by atoms with Gasteiger partial charge in [0.25, 0.3) is 0 Å². The monoisotopic (exact) mass is 221 g/mol. The molecule has 1 atom stereocenters. The normalized spacial score (nSPS) is 21.4. The number of rotatable bonds is 1. The lowest BCUT2D eigenvalue weighted by atomic mass is 10.1. The number of benzene rings is 1. The molecule has 1 N–H and O–H groups in total. The first-order valence-corrected chi connectivity index (χ1v) is 5.34. The summed E-state index contributed by atoms with van der Waals surface area (Å²) in [7, 11) is 0. The number of hydrogen-bond donors (Lipinski definition) is 1. The Kier molecular flexibility index (Phi) is 2.38. The highest BCUT2D eigenvalue weighted by atomic mass is 19.1. The highest BCUT2D eigenvalue weighted by molar-refractivity contribution is 5.78. The van der Waals surface area contributed by atoms with E-state index in [1.165, 1.54) is 6.26 Å². The highest BCUT2D eigenvalue weighted by Crippen LogP contribution is 2.28. The fourth-order valence-corrected chi connectivity index (χ4v) is 2.03. The van der Waals surface area contributed by atoms with Crippen LogP contribution >= 0.6 is 0 Å². The Labute approximate surface area is 92.2 Å². The number of hydrogen-bond acceptors (Lipinski definition) is 3. The van der Waals surface area contributed by atoms with Crippen molar-refractivity contribution in [1.29, 1.82) is 0 Å². The van der Waals surface area contributed by atoms with Gasteiger partial charge in [-0.1, -0.05) is 12.1 Å². The molecule has 3 rings (SSSR count). The predicted octanol–water partition coefficient (Wildman–Crippen LogP) is 2.23. The zero-order chi connectivity index (χ0) is 11.0. The van der Waals surface area contributed by atoms with Crippen LogP contribution in [0.1, 0.15) is 11.7 Å². The molecule has 1 saturated heterocycles. The van der Waals surface area contributed by atoms with E-state index in [0.717, 1.165) is 11.9 Å². The molecule has 1 aromatic heterocycles. The number of furan rings is 1. The minimum Gasteiger partial charge on any atom is -0.461 e. The molecule has 0 aliphatic carbocycles. The Morgan fingerprint density at radius 3 is 3.06 bits per heavy atom. The van der Waals surface area contributed by atoms with Crippen molar-refractivity contribution in [3.63, 3.8) is 0 Å². The number of ether oxygens (including phenoxy) is 1. The number of nitrogens with one attached hydrogen (secondary N) is 1. The van der Waals surface area contributed by atoms with Crippen molar-refractivity contribution in [1.82, 2.24) is 5.32 Å². The molecule has 0 bridgehead atoms. The van der Waals surface area contributed by atoms with Gasteiger partial charge in [0, 0.05) is 24.0 Å². The van der Waals surface area contributed by atoms with Crippen LogP contribution < -0.4 is 5.32 Å². The molecule has 1 fully saturated rings. The minimum atomic E-state index is -0.309. The van der Waals surface area contributed by atoms with Crippen molar-refractivity contribution >= 4 is 11.0 Å². The molecule has 0 amide bonds. The molecule has 84 valence electrons. The summed E-state index contributed by atoms with van der Waals surface area (Å²) in [6, 6.07) is 5.38. The van der Waals surface area contributed by atoms with Crippen molar-refractivity contribution in [2.24, 2.45) is 0 Å². The maximum atomic E-state index is 14.1. The van der Waals surface area contributed by atoms with E-state index in [4.69, 9.17) is 9.15 Å². The van der Waals surface area contributed by atoms with E-state index in [-0.39, 0.29) is 11.9 Å². The third-order valence-electron chi connectivity index (χ3n) is 2.87. The molecular formula is C12H12FNO2. The average Bonchev–Trinajstić information content (AvgIpc) is 2.80. The molecule has 1 aliphatic heterocycles. The van der Waals surface area contributed by atoms with Crippen LogP contribution in [0.25, 0.3) is 11.0 Å². The number of morpholine rings is 1. The van der Waals surface area contributed by atoms with Crippen molar-refractivity contribution in [2.75, 3.05) is 19.7 Å². The maximum Gasteiger partial charge on any atom is 0.172 e. The molecule has 4 heteroatoms. The summed E-state index contributed by atoms with van der Waals surface area (Å²) in [5.74, 6) is -0.309. The molecule has 1 aromatic carbocycles. The predicted molar refractivity (Wildman–Crippen MR) is 57.7 cm³/mol. The van der Waals surface area contributed by atoms with Crippen molar-refractivity contribution in [3.8, 4) is 0 Å². The number of halogens is 1. The van der Waals surface area contributed by atoms with E-state index in [2.05, 4.69) is 5.32 Å². The van der Waals surface area contributed by atoms with Crippen LogP contribution in [0.2, 0.25) is 0 Å². The molecule has 0 radical (unpaired) electrons. The largest absolute Gasteiger partial charge is 0.461 e. The van der Waals surface area contributed by atoms with E-state index < -0.39 is 0 Å². The lowest BCUT2D eigenvalue weighted by molar-refractivity contribution is 0.0256. The van der Waals surface area contributed by atoms with Crippen molar-refractivity contribution in [2.45, 2.75) is 6.10 Å². The van der Waals surface area contributed by atoms with Crippen LogP contribution in [-0.2, 0) is 4.74 Å². The second-order valence-corrected chi connectivity index (χ2v) is 3.87. The van der Waals surface area contributed by atoms with E-state index >= 15 is 0 Å². The molecule has 1 aliphatic rings. The van der Waals surface area contributed by atoms with Gasteiger partial charge in [-0.3, -0.25) is 0 Å². The molecule has 2 heterocycles. The quantitative estimate of drug-likeness (QED) is 0.801. The Morgan fingerprint density at radius 1 is 1.31 bits per heavy atom. The average molecular weight is 221 g/mol. The van der Waals surface area contributed by atoms with Gasteiger partial charge in [0.05, 0.1) is 19.0 Å². The lowest BCUT2D eigenvalue weighted by Crippen LogP contribution is -2.33. The minimum absolute atomic E-state index is 0.219. The summed E-state index contributed by atoms with van der Waals surface area (Å²) in [6.07, 6.45) is 1.28. The molecule has 1 unspecified atom stereocenters. The van der Waals surface area contributed by atoms with Gasteiger partial charge in [-0.05, 0) is 6.07 Å². The molecule has 16 heavy (non-hydrogen) atoms. The van der Waals surface area contributed by atoms with Gasteiger partial charge in [0.15, 0.2) is 11.4 Å². The van der Waals surface area contributed by atoms with E-state index in [9.17, 15) is 4.39 Å². The third-order valence-corrected chi connectivity index (χ3v) is 2.87. The Bertz CT molecular complexity index is 503. The van der Waals surface area contributed by atoms with Gasteiger partial charge < -0.3 is 14.5 Å².